The van der Waals surface area contributed by atoms with E-state index in [9.17, 15) is 14.4 Å². The number of hydrogen-bond donors (Lipinski definition) is 2. The molecule has 0 bridgehead atoms. The molecule has 2 amide bonds. The topological polar surface area (TPSA) is 110 Å². The molecule has 1 unspecified atom stereocenters. The molecule has 41 heavy (non-hydrogen) atoms. The molecule has 4 aromatic rings. The molecule has 3 aliphatic rings. The normalized spacial score (nSPS) is 17.8. The zero-order valence-electron chi connectivity index (χ0n) is 22.5. The highest BCUT2D eigenvalue weighted by atomic mass is 19.1. The van der Waals surface area contributed by atoms with E-state index in [-0.39, 0.29) is 34.3 Å². The van der Waals surface area contributed by atoms with E-state index < -0.39 is 17.2 Å². The molecule has 0 radical (unpaired) electrons. The van der Waals surface area contributed by atoms with Crippen molar-refractivity contribution in [2.45, 2.75) is 31.7 Å². The van der Waals surface area contributed by atoms with Crippen molar-refractivity contribution < 1.29 is 18.7 Å². The second-order valence-corrected chi connectivity index (χ2v) is 11.0. The highest BCUT2D eigenvalue weighted by Gasteiger charge is 2.33. The second-order valence-electron chi connectivity index (χ2n) is 11.0. The highest BCUT2D eigenvalue weighted by molar-refractivity contribution is 6.02. The first kappa shape index (κ1) is 25.5. The van der Waals surface area contributed by atoms with Crippen LogP contribution in [-0.4, -0.2) is 60.0 Å². The fourth-order valence-electron chi connectivity index (χ4n) is 6.24. The van der Waals surface area contributed by atoms with Crippen LogP contribution >= 0.6 is 0 Å². The maximum Gasteiger partial charge on any atom is 0.256 e. The maximum atomic E-state index is 15.8. The van der Waals surface area contributed by atoms with Gasteiger partial charge in [-0.1, -0.05) is 24.3 Å². The van der Waals surface area contributed by atoms with Gasteiger partial charge in [0.25, 0.3) is 5.91 Å². The summed E-state index contributed by atoms with van der Waals surface area (Å²) >= 11 is 0. The number of rotatable bonds is 6. The van der Waals surface area contributed by atoms with Crippen LogP contribution in [0.15, 0.2) is 53.5 Å². The maximum absolute atomic E-state index is 15.8. The van der Waals surface area contributed by atoms with E-state index in [1.54, 1.807) is 9.47 Å². The molecule has 3 aromatic carbocycles. The first-order valence-corrected chi connectivity index (χ1v) is 14.1. The van der Waals surface area contributed by atoms with Gasteiger partial charge in [0.2, 0.25) is 11.3 Å². The zero-order valence-corrected chi connectivity index (χ0v) is 22.5. The molecule has 2 saturated heterocycles. The fraction of sp³-hybridized carbons (Fsp3) is 0.323. The number of carbonyl (C=O) groups is 2. The minimum absolute atomic E-state index is 0.0684. The van der Waals surface area contributed by atoms with Crippen LogP contribution < -0.4 is 26.1 Å². The molecule has 3 aliphatic heterocycles. The van der Waals surface area contributed by atoms with Gasteiger partial charge in [-0.2, -0.15) is 0 Å². The fourth-order valence-corrected chi connectivity index (χ4v) is 6.24. The molecule has 1 atom stereocenters. The number of aromatic nitrogens is 1. The quantitative estimate of drug-likeness (QED) is 0.310. The summed E-state index contributed by atoms with van der Waals surface area (Å²) in [5.74, 6) is -0.264. The van der Waals surface area contributed by atoms with Gasteiger partial charge < -0.3 is 30.2 Å². The van der Waals surface area contributed by atoms with E-state index in [2.05, 4.69) is 5.32 Å². The molecule has 9 nitrogen and oxygen atoms in total. The van der Waals surface area contributed by atoms with Gasteiger partial charge in [-0.05, 0) is 48.2 Å². The molecule has 210 valence electrons. The number of anilines is 1. The molecule has 0 aliphatic carbocycles. The third-order valence-electron chi connectivity index (χ3n) is 8.32. The van der Waals surface area contributed by atoms with Crippen molar-refractivity contribution in [3.8, 4) is 17.2 Å². The second kappa shape index (κ2) is 9.88. The van der Waals surface area contributed by atoms with Crippen molar-refractivity contribution in [2.24, 2.45) is 5.73 Å². The number of ether oxygens (including phenoxy) is 1. The van der Waals surface area contributed by atoms with Gasteiger partial charge in [-0.15, -0.1) is 0 Å². The lowest BCUT2D eigenvalue weighted by Gasteiger charge is -2.29. The van der Waals surface area contributed by atoms with Crippen molar-refractivity contribution in [3.63, 3.8) is 0 Å². The molecule has 7 rings (SSSR count). The Bertz CT molecular complexity index is 1800. The lowest BCUT2D eigenvalue weighted by Crippen LogP contribution is -2.33. The van der Waals surface area contributed by atoms with E-state index >= 15 is 4.39 Å². The lowest BCUT2D eigenvalue weighted by atomic mass is 10.0. The number of nitrogens with one attached hydrogen (secondary N) is 1. The number of benzene rings is 3. The van der Waals surface area contributed by atoms with Gasteiger partial charge in [0, 0.05) is 51.4 Å². The smallest absolute Gasteiger partial charge is 0.256 e. The monoisotopic (exact) mass is 555 g/mol. The number of hydrogen-bond acceptors (Lipinski definition) is 6. The Labute approximate surface area is 235 Å². The molecule has 1 aromatic heterocycles. The van der Waals surface area contributed by atoms with Gasteiger partial charge in [0.05, 0.1) is 11.1 Å². The number of halogens is 1. The van der Waals surface area contributed by atoms with E-state index in [1.165, 1.54) is 12.3 Å². The summed E-state index contributed by atoms with van der Waals surface area (Å²) in [6, 6.07) is 12.8. The van der Waals surface area contributed by atoms with Crippen molar-refractivity contribution in [3.05, 3.63) is 70.3 Å². The first-order valence-electron chi connectivity index (χ1n) is 14.1. The average Bonchev–Trinajstić information content (AvgIpc) is 3.58. The largest absolute Gasteiger partial charge is 0.451 e. The Balaban J connectivity index is 1.33. The summed E-state index contributed by atoms with van der Waals surface area (Å²) < 4.78 is 24.0. The van der Waals surface area contributed by atoms with E-state index in [4.69, 9.17) is 10.5 Å². The zero-order chi connectivity index (χ0) is 28.2. The molecule has 3 N–H and O–H groups in total. The Kier molecular flexibility index (Phi) is 6.15. The van der Waals surface area contributed by atoms with Crippen LogP contribution in [0.4, 0.5) is 10.1 Å². The number of likely N-dealkylation sites (tertiary alicyclic amines) is 1. The Hall–Kier alpha value is -4.44. The Morgan fingerprint density at radius 2 is 1.93 bits per heavy atom. The average molecular weight is 556 g/mol. The third kappa shape index (κ3) is 4.30. The van der Waals surface area contributed by atoms with E-state index in [0.717, 1.165) is 30.2 Å². The van der Waals surface area contributed by atoms with Crippen LogP contribution in [0.5, 0.6) is 11.5 Å². The van der Waals surface area contributed by atoms with Crippen LogP contribution in [0.25, 0.3) is 27.4 Å². The number of pyridine rings is 1. The third-order valence-corrected chi connectivity index (χ3v) is 8.32. The standard InChI is InChI=1S/C31H30FN5O4/c32-23-15-21-27-30(28(23)36-12-8-20(33)16-36)41-25-14-19-6-2-1-5-18(19)13-24(25)37(27)17-22(29(21)39)31(40)34-9-4-11-35-10-3-7-26(35)38/h1-2,5-6,13-15,17,20H,3-4,7-12,16,33H2,(H,34,40). The predicted molar refractivity (Wildman–Crippen MR) is 155 cm³/mol. The van der Waals surface area contributed by atoms with Gasteiger partial charge in [0.1, 0.15) is 16.8 Å². The van der Waals surface area contributed by atoms with Crippen molar-refractivity contribution in [2.75, 3.05) is 37.6 Å². The first-order chi connectivity index (χ1) is 19.9. The number of nitrogens with zero attached hydrogens (tertiary/aromatic N) is 3. The molecule has 0 saturated carbocycles. The minimum atomic E-state index is -0.595. The van der Waals surface area contributed by atoms with Crippen LogP contribution in [-0.2, 0) is 4.79 Å². The van der Waals surface area contributed by atoms with Gasteiger partial charge in [-0.25, -0.2) is 4.39 Å². The summed E-state index contributed by atoms with van der Waals surface area (Å²) in [6.45, 7) is 2.63. The number of carbonyl (C=O) groups excluding carboxylic acids is 2. The molecule has 0 spiro atoms. The summed E-state index contributed by atoms with van der Waals surface area (Å²) in [4.78, 5) is 42.5. The van der Waals surface area contributed by atoms with Crippen molar-refractivity contribution in [1.82, 2.24) is 14.8 Å². The minimum Gasteiger partial charge on any atom is -0.451 e. The molecular formula is C31H30FN5O4. The Morgan fingerprint density at radius 1 is 1.12 bits per heavy atom. The molecule has 10 heteroatoms. The van der Waals surface area contributed by atoms with Crippen molar-refractivity contribution >= 4 is 39.2 Å². The van der Waals surface area contributed by atoms with Gasteiger partial charge in [-0.3, -0.25) is 14.4 Å². The lowest BCUT2D eigenvalue weighted by molar-refractivity contribution is -0.127. The van der Waals surface area contributed by atoms with Crippen LogP contribution in [0, 0.1) is 5.82 Å². The predicted octanol–water partition coefficient (Wildman–Crippen LogP) is 3.67. The molecular weight excluding hydrogens is 525 g/mol. The van der Waals surface area contributed by atoms with Crippen LogP contribution in [0.1, 0.15) is 36.0 Å². The van der Waals surface area contributed by atoms with E-state index in [1.807, 2.05) is 41.3 Å². The summed E-state index contributed by atoms with van der Waals surface area (Å²) in [5, 5.41) is 4.79. The molecule has 4 heterocycles. The number of amides is 2. The summed E-state index contributed by atoms with van der Waals surface area (Å²) in [6.07, 6.45) is 4.24. The summed E-state index contributed by atoms with van der Waals surface area (Å²) in [7, 11) is 0. The summed E-state index contributed by atoms with van der Waals surface area (Å²) in [5.41, 5.74) is 6.83. The number of fused-ring (bicyclic) bond motifs is 3. The Morgan fingerprint density at radius 3 is 2.66 bits per heavy atom. The van der Waals surface area contributed by atoms with Gasteiger partial charge >= 0.3 is 0 Å². The SMILES string of the molecule is NC1CCN(c2c(F)cc3c(=O)c(C(=O)NCCCN4CCCC4=O)cn4c3c2Oc2cc3ccccc3cc2-4)C1. The van der Waals surface area contributed by atoms with Crippen molar-refractivity contribution in [1.29, 1.82) is 0 Å². The van der Waals surface area contributed by atoms with E-state index in [0.29, 0.717) is 56.0 Å². The van der Waals surface area contributed by atoms with Crippen LogP contribution in [0.3, 0.4) is 0 Å². The van der Waals surface area contributed by atoms with Crippen LogP contribution in [0.2, 0.25) is 0 Å². The highest BCUT2D eigenvalue weighted by Crippen LogP contribution is 2.48. The molecule has 2 fully saturated rings. The number of nitrogens with two attached hydrogens (primary N) is 1. The van der Waals surface area contributed by atoms with Gasteiger partial charge in [0.15, 0.2) is 17.3 Å².